The van der Waals surface area contributed by atoms with Crippen molar-refractivity contribution in [3.63, 3.8) is 0 Å². The van der Waals surface area contributed by atoms with Crippen LogP contribution in [0.5, 0.6) is 5.75 Å². The van der Waals surface area contributed by atoms with Gasteiger partial charge in [0, 0.05) is 42.8 Å². The average molecular weight is 505 g/mol. The van der Waals surface area contributed by atoms with Crippen LogP contribution in [-0.4, -0.2) is 55.5 Å². The number of rotatable bonds is 8. The monoisotopic (exact) mass is 504 g/mol. The fraction of sp³-hybridized carbons (Fsp3) is 0.440. The molecule has 2 aliphatic rings. The lowest BCUT2D eigenvalue weighted by atomic mass is 9.96. The zero-order valence-corrected chi connectivity index (χ0v) is 20.9. The van der Waals surface area contributed by atoms with Gasteiger partial charge in [-0.1, -0.05) is 35.3 Å². The van der Waals surface area contributed by atoms with E-state index in [1.54, 1.807) is 13.1 Å². The van der Waals surface area contributed by atoms with Crippen molar-refractivity contribution in [2.24, 2.45) is 0 Å². The molecule has 1 unspecified atom stereocenters. The van der Waals surface area contributed by atoms with Crippen LogP contribution >= 0.6 is 23.2 Å². The predicted molar refractivity (Wildman–Crippen MR) is 135 cm³/mol. The number of ether oxygens (including phenoxy) is 1. The minimum absolute atomic E-state index is 0.103. The number of hydrogen-bond donors (Lipinski definition) is 3. The summed E-state index contributed by atoms with van der Waals surface area (Å²) in [5.41, 5.74) is 2.20. The minimum Gasteiger partial charge on any atom is -0.496 e. The largest absolute Gasteiger partial charge is 0.496 e. The topological polar surface area (TPSA) is 82.7 Å². The van der Waals surface area contributed by atoms with Crippen molar-refractivity contribution in [1.29, 1.82) is 0 Å². The highest BCUT2D eigenvalue weighted by molar-refractivity contribution is 6.33. The van der Waals surface area contributed by atoms with E-state index in [1.165, 1.54) is 18.7 Å². The van der Waals surface area contributed by atoms with Crippen molar-refractivity contribution in [1.82, 2.24) is 15.5 Å². The molecule has 4 rings (SSSR count). The molecule has 2 aliphatic heterocycles. The molecule has 34 heavy (non-hydrogen) atoms. The molecule has 2 aromatic rings. The number of hydrogen-bond acceptors (Lipinski definition) is 5. The summed E-state index contributed by atoms with van der Waals surface area (Å²) in [4.78, 5) is 27.8. The van der Waals surface area contributed by atoms with Gasteiger partial charge < -0.3 is 20.7 Å². The Morgan fingerprint density at radius 3 is 2.38 bits per heavy atom. The highest BCUT2D eigenvalue weighted by Crippen LogP contribution is 2.37. The fourth-order valence-corrected chi connectivity index (χ4v) is 5.46. The normalized spacial score (nSPS) is 21.7. The second kappa shape index (κ2) is 10.8. The van der Waals surface area contributed by atoms with E-state index < -0.39 is 5.91 Å². The molecule has 182 valence electrons. The molecule has 2 bridgehead atoms. The first-order chi connectivity index (χ1) is 16.4. The number of piperidine rings is 1. The van der Waals surface area contributed by atoms with Gasteiger partial charge in [-0.15, -0.1) is 0 Å². The van der Waals surface area contributed by atoms with Gasteiger partial charge in [0.05, 0.1) is 29.9 Å². The van der Waals surface area contributed by atoms with Crippen molar-refractivity contribution in [3.05, 3.63) is 57.6 Å². The summed E-state index contributed by atoms with van der Waals surface area (Å²) in [5.74, 6) is -0.216. The highest BCUT2D eigenvalue weighted by atomic mass is 35.5. The van der Waals surface area contributed by atoms with Gasteiger partial charge in [0.1, 0.15) is 5.75 Å². The molecule has 0 spiro atoms. The van der Waals surface area contributed by atoms with Gasteiger partial charge in [-0.05, 0) is 49.4 Å². The van der Waals surface area contributed by atoms with Crippen LogP contribution < -0.4 is 20.7 Å². The molecule has 0 aromatic heterocycles. The van der Waals surface area contributed by atoms with Crippen LogP contribution in [-0.2, 0) is 11.3 Å². The summed E-state index contributed by atoms with van der Waals surface area (Å²) in [6.07, 6.45) is 4.12. The molecule has 2 amide bonds. The second-order valence-electron chi connectivity index (χ2n) is 8.88. The molecule has 9 heteroatoms. The molecule has 3 atom stereocenters. The van der Waals surface area contributed by atoms with Crippen LogP contribution in [0.1, 0.15) is 41.6 Å². The lowest BCUT2D eigenvalue weighted by Crippen LogP contribution is -2.51. The first-order valence-electron chi connectivity index (χ1n) is 11.5. The van der Waals surface area contributed by atoms with Crippen molar-refractivity contribution in [2.45, 2.75) is 50.4 Å². The molecule has 2 heterocycles. The molecular formula is C25H30Cl2N4O3. The Balaban J connectivity index is 1.29. The van der Waals surface area contributed by atoms with Crippen LogP contribution in [0.3, 0.4) is 0 Å². The minimum atomic E-state index is -0.408. The average Bonchev–Trinajstić information content (AvgIpc) is 3.05. The maximum Gasteiger partial charge on any atom is 0.255 e. The Hall–Kier alpha value is -2.48. The quantitative estimate of drug-likeness (QED) is 0.504. The third-order valence-electron chi connectivity index (χ3n) is 6.74. The molecule has 2 fully saturated rings. The summed E-state index contributed by atoms with van der Waals surface area (Å²) in [6.45, 7) is 0.799. The van der Waals surface area contributed by atoms with Crippen LogP contribution in [0, 0.1) is 0 Å². The molecule has 0 radical (unpaired) electrons. The van der Waals surface area contributed by atoms with Gasteiger partial charge in [-0.2, -0.15) is 0 Å². The van der Waals surface area contributed by atoms with Gasteiger partial charge in [0.15, 0.2) is 0 Å². The maximum absolute atomic E-state index is 12.7. The molecule has 2 saturated heterocycles. The van der Waals surface area contributed by atoms with Gasteiger partial charge in [-0.25, -0.2) is 0 Å². The number of methoxy groups -OCH3 is 1. The van der Waals surface area contributed by atoms with E-state index in [4.69, 9.17) is 27.9 Å². The summed E-state index contributed by atoms with van der Waals surface area (Å²) in [7, 11) is 3.22. The Kier molecular flexibility index (Phi) is 7.86. The smallest absolute Gasteiger partial charge is 0.255 e. The Labute approximate surface area is 210 Å². The van der Waals surface area contributed by atoms with E-state index in [1.807, 2.05) is 12.1 Å². The summed E-state index contributed by atoms with van der Waals surface area (Å²) < 4.78 is 5.31. The van der Waals surface area contributed by atoms with Crippen molar-refractivity contribution >= 4 is 40.7 Å². The first kappa shape index (κ1) is 24.6. The van der Waals surface area contributed by atoms with E-state index in [0.29, 0.717) is 28.5 Å². The van der Waals surface area contributed by atoms with E-state index in [0.717, 1.165) is 37.3 Å². The SMILES string of the molecule is CNc1cc(OC)c(C(=O)NCC(=O)NC2C[C@H]3CC[C@@H](C2)N3Cc2ccc(Cl)cc2)cc1Cl. The second-order valence-corrected chi connectivity index (χ2v) is 9.73. The fourth-order valence-electron chi connectivity index (χ4n) is 5.08. The Morgan fingerprint density at radius 1 is 1.09 bits per heavy atom. The summed E-state index contributed by atoms with van der Waals surface area (Å²) in [5, 5.41) is 9.89. The molecule has 0 aliphatic carbocycles. The van der Waals surface area contributed by atoms with Gasteiger partial charge >= 0.3 is 0 Å². The Morgan fingerprint density at radius 2 is 1.76 bits per heavy atom. The standard InChI is InChI=1S/C25H30Cl2N4O3/c1-28-22-12-23(34-2)20(11-21(22)27)25(33)29-13-24(32)30-17-9-18-7-8-19(10-17)31(18)14-15-3-5-16(26)6-4-15/h3-6,11-12,17-19,28H,7-10,13-14H2,1-2H3,(H,29,33)(H,30,32)/t17?,18-,19+. The number of amides is 2. The summed E-state index contributed by atoms with van der Waals surface area (Å²) in [6, 6.07) is 12.2. The number of benzene rings is 2. The van der Waals surface area contributed by atoms with Crippen molar-refractivity contribution in [2.75, 3.05) is 26.0 Å². The first-order valence-corrected chi connectivity index (χ1v) is 12.3. The molecule has 0 saturated carbocycles. The van der Waals surface area contributed by atoms with Crippen molar-refractivity contribution in [3.8, 4) is 5.75 Å². The predicted octanol–water partition coefficient (Wildman–Crippen LogP) is 4.09. The molecule has 2 aromatic carbocycles. The zero-order valence-electron chi connectivity index (χ0n) is 19.4. The number of halogens is 2. The van der Waals surface area contributed by atoms with Crippen molar-refractivity contribution < 1.29 is 14.3 Å². The number of anilines is 1. The maximum atomic E-state index is 12.7. The van der Waals surface area contributed by atoms with E-state index in [2.05, 4.69) is 33.0 Å². The number of fused-ring (bicyclic) bond motifs is 2. The summed E-state index contributed by atoms with van der Waals surface area (Å²) >= 11 is 12.2. The number of nitrogens with one attached hydrogen (secondary N) is 3. The van der Waals surface area contributed by atoms with Gasteiger partial charge in [-0.3, -0.25) is 14.5 Å². The number of carbonyl (C=O) groups excluding carboxylic acids is 2. The third kappa shape index (κ3) is 5.59. The number of carbonyl (C=O) groups is 2. The highest BCUT2D eigenvalue weighted by Gasteiger charge is 2.40. The van der Waals surface area contributed by atoms with Crippen LogP contribution in [0.4, 0.5) is 5.69 Å². The van der Waals surface area contributed by atoms with E-state index in [-0.39, 0.29) is 24.1 Å². The molecule has 3 N–H and O–H groups in total. The lowest BCUT2D eigenvalue weighted by molar-refractivity contribution is -0.121. The van der Waals surface area contributed by atoms with Gasteiger partial charge in [0.2, 0.25) is 5.91 Å². The zero-order chi connectivity index (χ0) is 24.2. The molecular weight excluding hydrogens is 475 g/mol. The van der Waals surface area contributed by atoms with Crippen LogP contribution in [0.15, 0.2) is 36.4 Å². The van der Waals surface area contributed by atoms with Gasteiger partial charge in [0.25, 0.3) is 5.91 Å². The van der Waals surface area contributed by atoms with E-state index >= 15 is 0 Å². The molecule has 7 nitrogen and oxygen atoms in total. The van der Waals surface area contributed by atoms with Crippen LogP contribution in [0.25, 0.3) is 0 Å². The van der Waals surface area contributed by atoms with E-state index in [9.17, 15) is 9.59 Å². The lowest BCUT2D eigenvalue weighted by Gasteiger charge is -2.39. The van der Waals surface area contributed by atoms with Crippen LogP contribution in [0.2, 0.25) is 10.0 Å². The Bertz CT molecular complexity index is 1030. The number of nitrogens with zero attached hydrogens (tertiary/aromatic N) is 1. The third-order valence-corrected chi connectivity index (χ3v) is 7.31.